The van der Waals surface area contributed by atoms with Crippen molar-refractivity contribution in [2.75, 3.05) is 38.2 Å². The summed E-state index contributed by atoms with van der Waals surface area (Å²) in [5.41, 5.74) is 12.9. The van der Waals surface area contributed by atoms with Gasteiger partial charge in [-0.1, -0.05) is 72.8 Å². The molecule has 0 saturated carbocycles. The third-order valence-electron chi connectivity index (χ3n) is 11.4. The van der Waals surface area contributed by atoms with Crippen LogP contribution in [0, 0.1) is 0 Å². The fourth-order valence-corrected chi connectivity index (χ4v) is 8.56. The molecule has 0 heterocycles. The first-order valence-electron chi connectivity index (χ1n) is 19.6. The van der Waals surface area contributed by atoms with Crippen LogP contribution in [0.4, 0.5) is 34.1 Å². The smallest absolute Gasteiger partial charge is 0.119 e. The van der Waals surface area contributed by atoms with Gasteiger partial charge in [-0.05, 0) is 155 Å². The Labute approximate surface area is 346 Å². The lowest BCUT2D eigenvalue weighted by molar-refractivity contribution is 0.414. The van der Waals surface area contributed by atoms with E-state index in [9.17, 15) is 0 Å². The molecule has 6 heteroatoms. The van der Waals surface area contributed by atoms with Gasteiger partial charge in [0.15, 0.2) is 0 Å². The number of ether oxygens (including phenoxy) is 4. The highest BCUT2D eigenvalue weighted by molar-refractivity contribution is 5.87. The maximum atomic E-state index is 5.51. The lowest BCUT2D eigenvalue weighted by atomic mass is 9.67. The molecule has 9 rings (SSSR count). The van der Waals surface area contributed by atoms with Gasteiger partial charge >= 0.3 is 0 Å². The molecule has 0 amide bonds. The molecule has 0 saturated heterocycles. The second kappa shape index (κ2) is 15.8. The summed E-state index contributed by atoms with van der Waals surface area (Å²) in [5, 5.41) is 0. The normalized spacial score (nSPS) is 12.2. The Morgan fingerprint density at radius 1 is 0.288 bits per heavy atom. The number of anilines is 6. The predicted octanol–water partition coefficient (Wildman–Crippen LogP) is 13.0. The van der Waals surface area contributed by atoms with E-state index in [-0.39, 0.29) is 0 Å². The third-order valence-corrected chi connectivity index (χ3v) is 11.4. The molecule has 1 aliphatic rings. The topological polar surface area (TPSA) is 43.4 Å². The van der Waals surface area contributed by atoms with Crippen LogP contribution in [0.25, 0.3) is 11.1 Å². The van der Waals surface area contributed by atoms with Crippen molar-refractivity contribution >= 4 is 34.1 Å². The Morgan fingerprint density at radius 2 is 0.525 bits per heavy atom. The van der Waals surface area contributed by atoms with Crippen LogP contribution < -0.4 is 28.7 Å². The van der Waals surface area contributed by atoms with Crippen LogP contribution in [0.3, 0.4) is 0 Å². The van der Waals surface area contributed by atoms with Crippen molar-refractivity contribution in [2.45, 2.75) is 5.41 Å². The van der Waals surface area contributed by atoms with Gasteiger partial charge in [-0.15, -0.1) is 0 Å². The van der Waals surface area contributed by atoms with Crippen molar-refractivity contribution in [2.24, 2.45) is 0 Å². The number of hydrogen-bond acceptors (Lipinski definition) is 6. The van der Waals surface area contributed by atoms with Crippen LogP contribution in [-0.4, -0.2) is 28.4 Å². The van der Waals surface area contributed by atoms with Crippen LogP contribution in [0.2, 0.25) is 0 Å². The van der Waals surface area contributed by atoms with E-state index in [0.29, 0.717) is 0 Å². The van der Waals surface area contributed by atoms with E-state index in [4.69, 9.17) is 18.9 Å². The number of rotatable bonds is 12. The lowest BCUT2D eigenvalue weighted by Crippen LogP contribution is -2.28. The van der Waals surface area contributed by atoms with Crippen molar-refractivity contribution in [1.29, 1.82) is 0 Å². The minimum atomic E-state index is -0.583. The molecule has 0 aromatic heterocycles. The summed E-state index contributed by atoms with van der Waals surface area (Å²) in [7, 11) is 6.76. The Hall–Kier alpha value is -7.44. The highest BCUT2D eigenvalue weighted by Gasteiger charge is 2.46. The van der Waals surface area contributed by atoms with Gasteiger partial charge < -0.3 is 28.7 Å². The quantitative estimate of drug-likeness (QED) is 0.123. The molecule has 290 valence electrons. The maximum Gasteiger partial charge on any atom is 0.119 e. The monoisotopic (exact) mass is 772 g/mol. The number of fused-ring (bicyclic) bond motifs is 3. The molecule has 0 fully saturated rings. The van der Waals surface area contributed by atoms with E-state index in [1.165, 1.54) is 33.4 Å². The molecule has 0 N–H and O–H groups in total. The van der Waals surface area contributed by atoms with Gasteiger partial charge in [0, 0.05) is 34.1 Å². The van der Waals surface area contributed by atoms with E-state index in [0.717, 1.165) is 57.1 Å². The molecule has 59 heavy (non-hydrogen) atoms. The van der Waals surface area contributed by atoms with Gasteiger partial charge in [0.1, 0.15) is 23.0 Å². The third kappa shape index (κ3) is 6.58. The zero-order valence-corrected chi connectivity index (χ0v) is 33.5. The molecule has 1 aliphatic carbocycles. The van der Waals surface area contributed by atoms with Crippen LogP contribution in [-0.2, 0) is 5.41 Å². The van der Waals surface area contributed by atoms with Crippen LogP contribution >= 0.6 is 0 Å². The Morgan fingerprint density at radius 3 is 0.780 bits per heavy atom. The Balaban J connectivity index is 1.19. The molecule has 0 bridgehead atoms. The molecular weight excluding hydrogens is 729 g/mol. The summed E-state index contributed by atoms with van der Waals surface area (Å²) < 4.78 is 22.0. The zero-order valence-electron chi connectivity index (χ0n) is 33.5. The Kier molecular flexibility index (Phi) is 9.97. The van der Waals surface area contributed by atoms with Crippen molar-refractivity contribution in [3.8, 4) is 34.1 Å². The maximum absolute atomic E-state index is 5.51. The minimum absolute atomic E-state index is 0.583. The highest BCUT2D eigenvalue weighted by Crippen LogP contribution is 2.56. The first kappa shape index (κ1) is 37.2. The van der Waals surface area contributed by atoms with Crippen LogP contribution in [0.1, 0.15) is 22.3 Å². The predicted molar refractivity (Wildman–Crippen MR) is 239 cm³/mol. The molecule has 0 radical (unpaired) electrons. The summed E-state index contributed by atoms with van der Waals surface area (Å²) in [4.78, 5) is 4.52. The van der Waals surface area contributed by atoms with Gasteiger partial charge in [-0.25, -0.2) is 0 Å². The second-order valence-electron chi connectivity index (χ2n) is 14.4. The summed E-state index contributed by atoms with van der Waals surface area (Å²) in [6.45, 7) is 0. The largest absolute Gasteiger partial charge is 0.497 e. The lowest BCUT2D eigenvalue weighted by Gasteiger charge is -2.35. The molecule has 8 aromatic rings. The molecule has 8 aromatic carbocycles. The summed E-state index contributed by atoms with van der Waals surface area (Å²) in [5.74, 6) is 3.23. The zero-order chi connectivity index (χ0) is 40.3. The number of methoxy groups -OCH3 is 4. The van der Waals surface area contributed by atoms with Gasteiger partial charge in [0.05, 0.1) is 33.9 Å². The first-order chi connectivity index (χ1) is 29.0. The molecule has 0 atom stereocenters. The van der Waals surface area contributed by atoms with E-state index < -0.39 is 5.41 Å². The average molecular weight is 773 g/mol. The molecular formula is C53H44N2O4. The van der Waals surface area contributed by atoms with E-state index >= 15 is 0 Å². The standard InChI is InChI=1S/C53H44N2O4/c1-56-45-29-21-41(22-30-45)54(42-23-31-46(57-2)32-24-42)39-17-13-37(14-18-39)53(51-11-7-5-9-49(51)50-10-6-8-12-52(50)53)38-15-19-40(20-16-38)55(43-25-33-47(58-3)34-26-43)44-27-35-48(59-4)36-28-44/h5-36H,1-4H3. The minimum Gasteiger partial charge on any atom is -0.497 e. The van der Waals surface area contributed by atoms with Crippen molar-refractivity contribution < 1.29 is 18.9 Å². The number of nitrogens with zero attached hydrogens (tertiary/aromatic N) is 2. The number of benzene rings is 8. The summed E-state index contributed by atoms with van der Waals surface area (Å²) in [6, 6.07) is 68.5. The summed E-state index contributed by atoms with van der Waals surface area (Å²) >= 11 is 0. The fraction of sp³-hybridized carbons (Fsp3) is 0.0943. The second-order valence-corrected chi connectivity index (χ2v) is 14.4. The molecule has 0 unspecified atom stereocenters. The fourth-order valence-electron chi connectivity index (χ4n) is 8.56. The summed E-state index contributed by atoms with van der Waals surface area (Å²) in [6.07, 6.45) is 0. The van der Waals surface area contributed by atoms with Gasteiger partial charge in [-0.3, -0.25) is 0 Å². The van der Waals surface area contributed by atoms with E-state index in [1.54, 1.807) is 28.4 Å². The number of hydrogen-bond donors (Lipinski definition) is 0. The van der Waals surface area contributed by atoms with E-state index in [2.05, 4.69) is 155 Å². The Bertz CT molecular complexity index is 2390. The van der Waals surface area contributed by atoms with Crippen molar-refractivity contribution in [1.82, 2.24) is 0 Å². The van der Waals surface area contributed by atoms with Crippen molar-refractivity contribution in [3.63, 3.8) is 0 Å². The van der Waals surface area contributed by atoms with Gasteiger partial charge in [-0.2, -0.15) is 0 Å². The average Bonchev–Trinajstić information content (AvgIpc) is 3.61. The SMILES string of the molecule is COc1ccc(N(c2ccc(OC)cc2)c2ccc(C3(c4ccc(N(c5ccc(OC)cc5)c5ccc(OC)cc5)cc4)c4ccccc4-c4ccccc43)cc2)cc1. The molecule has 0 spiro atoms. The van der Waals surface area contributed by atoms with Crippen molar-refractivity contribution in [3.05, 3.63) is 216 Å². The van der Waals surface area contributed by atoms with Gasteiger partial charge in [0.2, 0.25) is 0 Å². The highest BCUT2D eigenvalue weighted by atomic mass is 16.5. The molecule has 0 aliphatic heterocycles. The first-order valence-corrected chi connectivity index (χ1v) is 19.6. The van der Waals surface area contributed by atoms with E-state index in [1.807, 2.05) is 48.5 Å². The van der Waals surface area contributed by atoms with Crippen LogP contribution in [0.5, 0.6) is 23.0 Å². The molecule has 6 nitrogen and oxygen atoms in total. The van der Waals surface area contributed by atoms with Crippen LogP contribution in [0.15, 0.2) is 194 Å². The van der Waals surface area contributed by atoms with Gasteiger partial charge in [0.25, 0.3) is 0 Å².